The van der Waals surface area contributed by atoms with Crippen molar-refractivity contribution in [1.29, 1.82) is 0 Å². The fraction of sp³-hybridized carbons (Fsp3) is 0.375. The molecule has 0 amide bonds. The molecule has 20 heavy (non-hydrogen) atoms. The van der Waals surface area contributed by atoms with Gasteiger partial charge in [0.05, 0.1) is 6.04 Å². The predicted octanol–water partition coefficient (Wildman–Crippen LogP) is 2.92. The zero-order chi connectivity index (χ0) is 14.3. The van der Waals surface area contributed by atoms with E-state index in [9.17, 15) is 5.11 Å². The van der Waals surface area contributed by atoms with Crippen molar-refractivity contribution in [2.75, 3.05) is 11.4 Å². The highest BCUT2D eigenvalue weighted by atomic mass is 16.3. The van der Waals surface area contributed by atoms with Gasteiger partial charge in [0.1, 0.15) is 0 Å². The number of hydrogen-bond donors (Lipinski definition) is 1. The van der Waals surface area contributed by atoms with Gasteiger partial charge in [-0.05, 0) is 38.3 Å². The van der Waals surface area contributed by atoms with Crippen LogP contribution in [-0.4, -0.2) is 21.6 Å². The Bertz CT molecular complexity index is 631. The first-order chi connectivity index (χ1) is 9.58. The summed E-state index contributed by atoms with van der Waals surface area (Å²) in [6.07, 6.45) is 0.984. The summed E-state index contributed by atoms with van der Waals surface area (Å²) in [4.78, 5) is 10.9. The Morgan fingerprint density at radius 1 is 1.20 bits per heavy atom. The van der Waals surface area contributed by atoms with Crippen molar-refractivity contribution < 1.29 is 5.11 Å². The minimum atomic E-state index is 0.0820. The summed E-state index contributed by atoms with van der Waals surface area (Å²) in [6.45, 7) is 6.78. The summed E-state index contributed by atoms with van der Waals surface area (Å²) < 4.78 is 0. The second kappa shape index (κ2) is 4.78. The average molecular weight is 269 g/mol. The van der Waals surface area contributed by atoms with Crippen LogP contribution < -0.4 is 4.90 Å². The molecule has 3 rings (SSSR count). The SMILES string of the molecule is Cc1nc(N2CCc3ccccc3C2C)nc(O)c1C. The third-order valence-corrected chi connectivity index (χ3v) is 4.20. The number of rotatable bonds is 1. The van der Waals surface area contributed by atoms with Crippen LogP contribution in [0.2, 0.25) is 0 Å². The summed E-state index contributed by atoms with van der Waals surface area (Å²) in [7, 11) is 0. The van der Waals surface area contributed by atoms with Gasteiger partial charge < -0.3 is 10.0 Å². The molecule has 0 saturated carbocycles. The zero-order valence-electron chi connectivity index (χ0n) is 12.1. The lowest BCUT2D eigenvalue weighted by Gasteiger charge is -2.35. The molecule has 0 bridgehead atoms. The first kappa shape index (κ1) is 12.9. The quantitative estimate of drug-likeness (QED) is 0.864. The summed E-state index contributed by atoms with van der Waals surface area (Å²) in [6, 6.07) is 8.72. The molecule has 0 saturated heterocycles. The van der Waals surface area contributed by atoms with Gasteiger partial charge in [-0.2, -0.15) is 4.98 Å². The predicted molar refractivity (Wildman–Crippen MR) is 79.1 cm³/mol. The van der Waals surface area contributed by atoms with E-state index in [1.807, 2.05) is 13.8 Å². The lowest BCUT2D eigenvalue weighted by atomic mass is 9.94. The van der Waals surface area contributed by atoms with Crippen LogP contribution in [0, 0.1) is 13.8 Å². The highest BCUT2D eigenvalue weighted by Crippen LogP contribution is 2.32. The first-order valence-corrected chi connectivity index (χ1v) is 6.96. The van der Waals surface area contributed by atoms with E-state index in [0.29, 0.717) is 5.95 Å². The van der Waals surface area contributed by atoms with E-state index in [-0.39, 0.29) is 11.9 Å². The maximum atomic E-state index is 9.92. The molecule has 0 aliphatic carbocycles. The van der Waals surface area contributed by atoms with Crippen LogP contribution in [-0.2, 0) is 6.42 Å². The van der Waals surface area contributed by atoms with Crippen molar-refractivity contribution >= 4 is 5.95 Å². The molecule has 1 aromatic carbocycles. The summed E-state index contributed by atoms with van der Waals surface area (Å²) in [5.74, 6) is 0.700. The van der Waals surface area contributed by atoms with E-state index in [4.69, 9.17) is 0 Å². The Morgan fingerprint density at radius 3 is 2.70 bits per heavy atom. The van der Waals surface area contributed by atoms with Gasteiger partial charge in [-0.25, -0.2) is 4.98 Å². The third-order valence-electron chi connectivity index (χ3n) is 4.20. The first-order valence-electron chi connectivity index (χ1n) is 6.96. The van der Waals surface area contributed by atoms with Gasteiger partial charge in [-0.3, -0.25) is 0 Å². The van der Waals surface area contributed by atoms with Crippen LogP contribution >= 0.6 is 0 Å². The minimum absolute atomic E-state index is 0.0820. The number of hydrogen-bond acceptors (Lipinski definition) is 4. The van der Waals surface area contributed by atoms with Crippen LogP contribution in [0.4, 0.5) is 5.95 Å². The lowest BCUT2D eigenvalue weighted by Crippen LogP contribution is -2.35. The zero-order valence-corrected chi connectivity index (χ0v) is 12.1. The molecular formula is C16H19N3O. The van der Waals surface area contributed by atoms with Crippen LogP contribution in [0.25, 0.3) is 0 Å². The Labute approximate surface area is 119 Å². The van der Waals surface area contributed by atoms with Crippen LogP contribution in [0.5, 0.6) is 5.88 Å². The molecule has 0 fully saturated rings. The lowest BCUT2D eigenvalue weighted by molar-refractivity contribution is 0.444. The van der Waals surface area contributed by atoms with Crippen molar-refractivity contribution in [3.05, 3.63) is 46.6 Å². The number of anilines is 1. The molecule has 104 valence electrons. The summed E-state index contributed by atoms with van der Waals surface area (Å²) >= 11 is 0. The monoisotopic (exact) mass is 269 g/mol. The molecule has 0 spiro atoms. The highest BCUT2D eigenvalue weighted by Gasteiger charge is 2.26. The minimum Gasteiger partial charge on any atom is -0.493 e. The van der Waals surface area contributed by atoms with E-state index in [1.165, 1.54) is 11.1 Å². The van der Waals surface area contributed by atoms with Gasteiger partial charge in [0.2, 0.25) is 11.8 Å². The van der Waals surface area contributed by atoms with Gasteiger partial charge in [-0.1, -0.05) is 24.3 Å². The fourth-order valence-electron chi connectivity index (χ4n) is 2.77. The van der Waals surface area contributed by atoms with Crippen LogP contribution in [0.1, 0.15) is 35.3 Å². The van der Waals surface area contributed by atoms with Crippen LogP contribution in [0.15, 0.2) is 24.3 Å². The third kappa shape index (κ3) is 2.01. The fourth-order valence-corrected chi connectivity index (χ4v) is 2.77. The number of aryl methyl sites for hydroxylation is 1. The molecule has 4 nitrogen and oxygen atoms in total. The smallest absolute Gasteiger partial charge is 0.229 e. The van der Waals surface area contributed by atoms with Crippen molar-refractivity contribution in [3.8, 4) is 5.88 Å². The number of aromatic hydroxyl groups is 1. The number of nitrogens with zero attached hydrogens (tertiary/aromatic N) is 3. The molecule has 1 aromatic heterocycles. The molecular weight excluding hydrogens is 250 g/mol. The Morgan fingerprint density at radius 2 is 1.95 bits per heavy atom. The van der Waals surface area contributed by atoms with Crippen molar-refractivity contribution in [2.24, 2.45) is 0 Å². The van der Waals surface area contributed by atoms with Gasteiger partial charge in [-0.15, -0.1) is 0 Å². The Hall–Kier alpha value is -2.10. The van der Waals surface area contributed by atoms with Gasteiger partial charge in [0.15, 0.2) is 0 Å². The standard InChI is InChI=1S/C16H19N3O/c1-10-11(2)17-16(18-15(10)20)19-9-8-13-6-4-5-7-14(13)12(19)3/h4-7,12H,8-9H2,1-3H3,(H,17,18,20). The Balaban J connectivity index is 2.01. The molecule has 4 heteroatoms. The van der Waals surface area contributed by atoms with E-state index in [2.05, 4.69) is 46.1 Å². The Kier molecular flexibility index (Phi) is 3.08. The van der Waals surface area contributed by atoms with Gasteiger partial charge in [0, 0.05) is 17.8 Å². The second-order valence-corrected chi connectivity index (χ2v) is 5.38. The molecule has 1 N–H and O–H groups in total. The molecule has 1 aliphatic heterocycles. The number of benzene rings is 1. The molecule has 2 heterocycles. The topological polar surface area (TPSA) is 49.2 Å². The maximum absolute atomic E-state index is 9.92. The summed E-state index contributed by atoms with van der Waals surface area (Å²) in [5.41, 5.74) is 4.29. The number of fused-ring (bicyclic) bond motifs is 1. The van der Waals surface area contributed by atoms with Crippen molar-refractivity contribution in [3.63, 3.8) is 0 Å². The normalized spacial score (nSPS) is 17.9. The average Bonchev–Trinajstić information content (AvgIpc) is 2.45. The van der Waals surface area contributed by atoms with Crippen molar-refractivity contribution in [1.82, 2.24) is 9.97 Å². The molecule has 1 unspecified atom stereocenters. The molecule has 0 radical (unpaired) electrons. The van der Waals surface area contributed by atoms with Gasteiger partial charge in [0.25, 0.3) is 0 Å². The summed E-state index contributed by atoms with van der Waals surface area (Å²) in [5, 5.41) is 9.92. The number of aromatic nitrogens is 2. The molecule has 2 aromatic rings. The molecule has 1 aliphatic rings. The van der Waals surface area contributed by atoms with E-state index in [1.54, 1.807) is 0 Å². The van der Waals surface area contributed by atoms with Crippen LogP contribution in [0.3, 0.4) is 0 Å². The van der Waals surface area contributed by atoms with Gasteiger partial charge >= 0.3 is 0 Å². The highest BCUT2D eigenvalue weighted by molar-refractivity contribution is 5.46. The van der Waals surface area contributed by atoms with E-state index < -0.39 is 0 Å². The second-order valence-electron chi connectivity index (χ2n) is 5.38. The van der Waals surface area contributed by atoms with E-state index in [0.717, 1.165) is 24.2 Å². The molecule has 1 atom stereocenters. The maximum Gasteiger partial charge on any atom is 0.229 e. The van der Waals surface area contributed by atoms with E-state index >= 15 is 0 Å². The van der Waals surface area contributed by atoms with Crippen molar-refractivity contribution in [2.45, 2.75) is 33.2 Å². The largest absolute Gasteiger partial charge is 0.493 e.